The van der Waals surface area contributed by atoms with Crippen molar-refractivity contribution in [2.45, 2.75) is 45.7 Å². The van der Waals surface area contributed by atoms with Crippen molar-refractivity contribution in [3.8, 4) is 5.06 Å². The highest BCUT2D eigenvalue weighted by atomic mass is 79.9. The molecular formula is C22H25BrFNO5S. The standard InChI is InChI=1S/C20H20FNO3S.C2H4O2.BrH/c1-12(23)25-18-10-14-11-22(9-8-17(14)26-18)19(20(24)13-6-7-13)15-4-2-3-5-16(15)21;1-2(3)4;/h2-5,10,13,19H,6-9,11H2,1H3;1H3,(H,3,4);1H. The van der Waals surface area contributed by atoms with E-state index in [1.807, 2.05) is 6.07 Å². The Labute approximate surface area is 194 Å². The van der Waals surface area contributed by atoms with Crippen LogP contribution in [0.25, 0.3) is 0 Å². The summed E-state index contributed by atoms with van der Waals surface area (Å²) in [4.78, 5) is 36.4. The number of carbonyl (C=O) groups excluding carboxylic acids is 2. The van der Waals surface area contributed by atoms with Crippen molar-refractivity contribution in [1.29, 1.82) is 0 Å². The maximum absolute atomic E-state index is 14.4. The lowest BCUT2D eigenvalue weighted by Gasteiger charge is -2.34. The Bertz CT molecular complexity index is 955. The predicted octanol–water partition coefficient (Wildman–Crippen LogP) is 4.56. The van der Waals surface area contributed by atoms with Gasteiger partial charge in [0.25, 0.3) is 5.97 Å². The summed E-state index contributed by atoms with van der Waals surface area (Å²) >= 11 is 1.47. The fourth-order valence-corrected chi connectivity index (χ4v) is 4.61. The number of carboxylic acids is 1. The molecule has 4 rings (SSSR count). The molecule has 2 aromatic rings. The van der Waals surface area contributed by atoms with Crippen LogP contribution in [0, 0.1) is 11.7 Å². The van der Waals surface area contributed by atoms with Gasteiger partial charge in [0.1, 0.15) is 5.82 Å². The first-order valence-electron chi connectivity index (χ1n) is 9.78. The summed E-state index contributed by atoms with van der Waals surface area (Å²) in [5.41, 5.74) is 1.52. The molecule has 1 saturated carbocycles. The van der Waals surface area contributed by atoms with E-state index in [0.717, 1.165) is 31.7 Å². The number of hydrogen-bond donors (Lipinski definition) is 1. The van der Waals surface area contributed by atoms with Crippen LogP contribution in [-0.2, 0) is 27.3 Å². The van der Waals surface area contributed by atoms with Gasteiger partial charge in [-0.1, -0.05) is 18.2 Å². The minimum absolute atomic E-state index is 0. The number of thiophene rings is 1. The molecule has 9 heteroatoms. The van der Waals surface area contributed by atoms with Crippen molar-refractivity contribution < 1.29 is 28.6 Å². The zero-order chi connectivity index (χ0) is 21.8. The summed E-state index contributed by atoms with van der Waals surface area (Å²) in [5, 5.41) is 8.00. The smallest absolute Gasteiger partial charge is 0.308 e. The molecular weight excluding hydrogens is 489 g/mol. The number of carbonyl (C=O) groups is 3. The Kier molecular flexibility index (Phi) is 8.90. The van der Waals surface area contributed by atoms with Gasteiger partial charge in [-0.3, -0.25) is 19.3 Å². The molecule has 0 spiro atoms. The topological polar surface area (TPSA) is 83.9 Å². The van der Waals surface area contributed by atoms with E-state index in [-0.39, 0.29) is 40.5 Å². The van der Waals surface area contributed by atoms with Crippen molar-refractivity contribution in [3.63, 3.8) is 0 Å². The van der Waals surface area contributed by atoms with Gasteiger partial charge in [0.15, 0.2) is 10.8 Å². The van der Waals surface area contributed by atoms with E-state index in [4.69, 9.17) is 14.6 Å². The lowest BCUT2D eigenvalue weighted by molar-refractivity contribution is -0.134. The molecule has 1 N–H and O–H groups in total. The van der Waals surface area contributed by atoms with E-state index in [0.29, 0.717) is 23.7 Å². The Balaban J connectivity index is 0.000000631. The molecule has 1 aromatic heterocycles. The minimum Gasteiger partial charge on any atom is -0.481 e. The minimum atomic E-state index is -0.833. The van der Waals surface area contributed by atoms with Crippen LogP contribution in [0.1, 0.15) is 48.7 Å². The molecule has 1 unspecified atom stereocenters. The van der Waals surface area contributed by atoms with Crippen molar-refractivity contribution in [2.75, 3.05) is 6.54 Å². The number of halogens is 2. The second-order valence-electron chi connectivity index (χ2n) is 7.45. The summed E-state index contributed by atoms with van der Waals surface area (Å²) < 4.78 is 19.6. The van der Waals surface area contributed by atoms with Gasteiger partial charge in [0.2, 0.25) is 0 Å². The first kappa shape index (κ1) is 25.2. The van der Waals surface area contributed by atoms with Crippen LogP contribution >= 0.6 is 28.3 Å². The van der Waals surface area contributed by atoms with Gasteiger partial charge in [0.05, 0.1) is 6.04 Å². The van der Waals surface area contributed by atoms with Gasteiger partial charge in [-0.25, -0.2) is 4.39 Å². The number of ether oxygens (including phenoxy) is 1. The third kappa shape index (κ3) is 6.69. The lowest BCUT2D eigenvalue weighted by Crippen LogP contribution is -2.38. The summed E-state index contributed by atoms with van der Waals surface area (Å²) in [6.45, 7) is 3.71. The first-order chi connectivity index (χ1) is 14.3. The number of ketones is 1. The number of carboxylic acid groups (broad SMARTS) is 1. The fourth-order valence-electron chi connectivity index (χ4n) is 3.56. The van der Waals surface area contributed by atoms with E-state index in [1.165, 1.54) is 29.2 Å². The number of hydrogen-bond acceptors (Lipinski definition) is 6. The number of fused-ring (bicyclic) bond motifs is 1. The summed E-state index contributed by atoms with van der Waals surface area (Å²) in [6.07, 6.45) is 2.57. The number of benzene rings is 1. The Hall–Kier alpha value is -2.10. The molecule has 2 aliphatic rings. The molecule has 1 aromatic carbocycles. The maximum atomic E-state index is 14.4. The van der Waals surface area contributed by atoms with Gasteiger partial charge in [-0.15, -0.1) is 28.3 Å². The molecule has 0 saturated heterocycles. The Morgan fingerprint density at radius 3 is 2.45 bits per heavy atom. The fraction of sp³-hybridized carbons (Fsp3) is 0.409. The van der Waals surface area contributed by atoms with E-state index in [9.17, 15) is 14.0 Å². The van der Waals surface area contributed by atoms with E-state index >= 15 is 0 Å². The third-order valence-corrected chi connectivity index (χ3v) is 6.05. The van der Waals surface area contributed by atoms with Gasteiger partial charge in [-0.05, 0) is 37.0 Å². The molecule has 1 fully saturated rings. The highest BCUT2D eigenvalue weighted by Gasteiger charge is 2.40. The number of esters is 1. The molecule has 6 nitrogen and oxygen atoms in total. The molecule has 2 heterocycles. The summed E-state index contributed by atoms with van der Waals surface area (Å²) in [6, 6.07) is 7.89. The highest BCUT2D eigenvalue weighted by Crippen LogP contribution is 2.41. The highest BCUT2D eigenvalue weighted by molar-refractivity contribution is 8.93. The average Bonchev–Trinajstić information content (AvgIpc) is 3.43. The summed E-state index contributed by atoms with van der Waals surface area (Å²) in [7, 11) is 0. The van der Waals surface area contributed by atoms with Crippen molar-refractivity contribution in [1.82, 2.24) is 4.90 Å². The molecule has 31 heavy (non-hydrogen) atoms. The van der Waals surface area contributed by atoms with Crippen LogP contribution in [0.4, 0.5) is 4.39 Å². The van der Waals surface area contributed by atoms with E-state index in [1.54, 1.807) is 18.2 Å². The van der Waals surface area contributed by atoms with Crippen LogP contribution in [0.15, 0.2) is 30.3 Å². The average molecular weight is 514 g/mol. The molecule has 0 bridgehead atoms. The van der Waals surface area contributed by atoms with Gasteiger partial charge in [0, 0.05) is 43.3 Å². The first-order valence-corrected chi connectivity index (χ1v) is 10.6. The largest absolute Gasteiger partial charge is 0.481 e. The second-order valence-corrected chi connectivity index (χ2v) is 8.55. The molecule has 168 valence electrons. The second kappa shape index (κ2) is 11.0. The molecule has 0 amide bonds. The Morgan fingerprint density at radius 1 is 1.23 bits per heavy atom. The molecule has 0 radical (unpaired) electrons. The number of rotatable bonds is 5. The van der Waals surface area contributed by atoms with E-state index < -0.39 is 12.0 Å². The SMILES string of the molecule is Br.CC(=O)O.CC(=O)Oc1cc2c(s1)CCN(C(C(=O)C1CC1)c1ccccc1F)C2. The zero-order valence-corrected chi connectivity index (χ0v) is 19.8. The number of aliphatic carboxylic acids is 1. The van der Waals surface area contributed by atoms with E-state index in [2.05, 4.69) is 4.90 Å². The van der Waals surface area contributed by atoms with Crippen LogP contribution in [0.5, 0.6) is 5.06 Å². The van der Waals surface area contributed by atoms with Crippen LogP contribution in [-0.4, -0.2) is 34.3 Å². The van der Waals surface area contributed by atoms with Crippen molar-refractivity contribution in [3.05, 3.63) is 52.2 Å². The summed E-state index contributed by atoms with van der Waals surface area (Å²) in [5.74, 6) is -1.33. The maximum Gasteiger partial charge on any atom is 0.308 e. The van der Waals surface area contributed by atoms with Crippen LogP contribution < -0.4 is 4.74 Å². The van der Waals surface area contributed by atoms with Crippen molar-refractivity contribution in [2.24, 2.45) is 5.92 Å². The van der Waals surface area contributed by atoms with Gasteiger partial charge in [-0.2, -0.15) is 0 Å². The molecule has 1 aliphatic heterocycles. The third-order valence-electron chi connectivity index (χ3n) is 4.93. The van der Waals surface area contributed by atoms with Crippen molar-refractivity contribution >= 4 is 46.0 Å². The van der Waals surface area contributed by atoms with Crippen LogP contribution in [0.2, 0.25) is 0 Å². The molecule has 1 aliphatic carbocycles. The lowest BCUT2D eigenvalue weighted by atomic mass is 9.95. The number of nitrogens with zero attached hydrogens (tertiary/aromatic N) is 1. The Morgan fingerprint density at radius 2 is 1.87 bits per heavy atom. The number of Topliss-reactive ketones (excluding diaryl/α,β-unsaturated/α-hetero) is 1. The van der Waals surface area contributed by atoms with Gasteiger partial charge < -0.3 is 9.84 Å². The normalized spacial score (nSPS) is 16.1. The predicted molar refractivity (Wildman–Crippen MR) is 120 cm³/mol. The van der Waals surface area contributed by atoms with Gasteiger partial charge >= 0.3 is 5.97 Å². The van der Waals surface area contributed by atoms with Crippen LogP contribution in [0.3, 0.4) is 0 Å². The zero-order valence-electron chi connectivity index (χ0n) is 17.3. The quantitative estimate of drug-likeness (QED) is 0.590. The monoisotopic (exact) mass is 513 g/mol. The molecule has 1 atom stereocenters.